The minimum Gasteiger partial charge on any atom is -0.466 e. The molecule has 116 valence electrons. The van der Waals surface area contributed by atoms with E-state index in [0.717, 1.165) is 12.8 Å². The summed E-state index contributed by atoms with van der Waals surface area (Å²) in [5, 5.41) is 0. The van der Waals surface area contributed by atoms with Gasteiger partial charge < -0.3 is 9.47 Å². The zero-order valence-corrected chi connectivity index (χ0v) is 13.6. The van der Waals surface area contributed by atoms with Crippen LogP contribution in [0.1, 0.15) is 60.8 Å². The van der Waals surface area contributed by atoms with Gasteiger partial charge in [-0.1, -0.05) is 27.2 Å². The molecule has 0 aliphatic carbocycles. The number of esters is 2. The van der Waals surface area contributed by atoms with Crippen molar-refractivity contribution in [2.75, 3.05) is 6.61 Å². The Morgan fingerprint density at radius 2 is 1.95 bits per heavy atom. The quantitative estimate of drug-likeness (QED) is 0.702. The van der Waals surface area contributed by atoms with E-state index in [2.05, 4.69) is 6.92 Å². The smallest absolute Gasteiger partial charge is 0.314 e. The Morgan fingerprint density at radius 3 is 2.40 bits per heavy atom. The van der Waals surface area contributed by atoms with E-state index < -0.39 is 16.9 Å². The molecule has 1 fully saturated rings. The number of hydrogen-bond donors (Lipinski definition) is 0. The third-order valence-electron chi connectivity index (χ3n) is 4.44. The number of ether oxygens (including phenoxy) is 2. The van der Waals surface area contributed by atoms with Crippen molar-refractivity contribution in [3.05, 3.63) is 0 Å². The fraction of sp³-hybridized carbons (Fsp3) is 0.875. The molecule has 1 rings (SSSR count). The van der Waals surface area contributed by atoms with Gasteiger partial charge in [0.2, 0.25) is 0 Å². The van der Waals surface area contributed by atoms with E-state index in [9.17, 15) is 9.59 Å². The van der Waals surface area contributed by atoms with E-state index in [1.807, 2.05) is 13.8 Å². The van der Waals surface area contributed by atoms with E-state index in [-0.39, 0.29) is 17.9 Å². The van der Waals surface area contributed by atoms with Gasteiger partial charge in [0.15, 0.2) is 0 Å². The lowest BCUT2D eigenvalue weighted by Crippen LogP contribution is -2.48. The Bertz CT molecular complexity index is 373. The van der Waals surface area contributed by atoms with Crippen LogP contribution in [0.15, 0.2) is 0 Å². The van der Waals surface area contributed by atoms with E-state index in [0.29, 0.717) is 13.0 Å². The number of unbranched alkanes of at least 4 members (excludes halogenated alkanes) is 1. The van der Waals surface area contributed by atoms with Crippen LogP contribution in [0.5, 0.6) is 0 Å². The van der Waals surface area contributed by atoms with Gasteiger partial charge >= 0.3 is 11.9 Å². The van der Waals surface area contributed by atoms with Crippen LogP contribution in [-0.2, 0) is 19.1 Å². The molecule has 1 aliphatic rings. The van der Waals surface area contributed by atoms with Gasteiger partial charge in [0.25, 0.3) is 0 Å². The van der Waals surface area contributed by atoms with E-state index in [1.165, 1.54) is 0 Å². The molecule has 1 aliphatic heterocycles. The molecule has 0 N–H and O–H groups in total. The average Bonchev–Trinajstić information content (AvgIpc) is 2.55. The minimum absolute atomic E-state index is 0.0779. The van der Waals surface area contributed by atoms with Gasteiger partial charge in [0.1, 0.15) is 11.5 Å². The standard InChI is InChI=1S/C16H28O4/c1-7-9-10-16(11(3)4)12(13(17)19-8-2)15(5,6)14(18)20-16/h11-12H,7-10H2,1-6H3/t12-,16+/m1/s1. The highest BCUT2D eigenvalue weighted by atomic mass is 16.6. The molecule has 0 aromatic rings. The molecular weight excluding hydrogens is 256 g/mol. The molecular formula is C16H28O4. The summed E-state index contributed by atoms with van der Waals surface area (Å²) < 4.78 is 11.0. The molecule has 1 heterocycles. The number of carbonyl (C=O) groups excluding carboxylic acids is 2. The van der Waals surface area contributed by atoms with Crippen molar-refractivity contribution in [3.63, 3.8) is 0 Å². The Hall–Kier alpha value is -1.06. The molecule has 4 heteroatoms. The van der Waals surface area contributed by atoms with Crippen LogP contribution in [0.4, 0.5) is 0 Å². The van der Waals surface area contributed by atoms with E-state index >= 15 is 0 Å². The Kier molecular flexibility index (Phi) is 5.22. The molecule has 0 radical (unpaired) electrons. The fourth-order valence-corrected chi connectivity index (χ4v) is 3.20. The van der Waals surface area contributed by atoms with Crippen molar-refractivity contribution < 1.29 is 19.1 Å². The maximum Gasteiger partial charge on any atom is 0.314 e. The van der Waals surface area contributed by atoms with Gasteiger partial charge in [-0.25, -0.2) is 0 Å². The molecule has 0 bridgehead atoms. The second-order valence-corrected chi connectivity index (χ2v) is 6.51. The molecule has 0 saturated carbocycles. The van der Waals surface area contributed by atoms with Gasteiger partial charge in [0, 0.05) is 0 Å². The van der Waals surface area contributed by atoms with Crippen molar-refractivity contribution >= 4 is 11.9 Å². The number of hydrogen-bond acceptors (Lipinski definition) is 4. The lowest BCUT2D eigenvalue weighted by atomic mass is 9.66. The predicted molar refractivity (Wildman–Crippen MR) is 77.1 cm³/mol. The highest BCUT2D eigenvalue weighted by Crippen LogP contribution is 2.52. The van der Waals surface area contributed by atoms with E-state index in [4.69, 9.17) is 9.47 Å². The summed E-state index contributed by atoms with van der Waals surface area (Å²) in [4.78, 5) is 24.7. The van der Waals surface area contributed by atoms with Crippen molar-refractivity contribution in [2.45, 2.75) is 66.4 Å². The van der Waals surface area contributed by atoms with Crippen molar-refractivity contribution in [1.29, 1.82) is 0 Å². The number of carbonyl (C=O) groups is 2. The average molecular weight is 284 g/mol. The molecule has 4 nitrogen and oxygen atoms in total. The molecule has 1 saturated heterocycles. The van der Waals surface area contributed by atoms with Crippen LogP contribution in [0, 0.1) is 17.3 Å². The first-order valence-corrected chi connectivity index (χ1v) is 7.64. The first kappa shape index (κ1) is 17.0. The van der Waals surface area contributed by atoms with Gasteiger partial charge in [0.05, 0.1) is 12.0 Å². The molecule has 0 amide bonds. The Morgan fingerprint density at radius 1 is 1.35 bits per heavy atom. The zero-order chi connectivity index (χ0) is 15.6. The summed E-state index contributed by atoms with van der Waals surface area (Å²) in [7, 11) is 0. The predicted octanol–water partition coefficient (Wildman–Crippen LogP) is 3.33. The summed E-state index contributed by atoms with van der Waals surface area (Å²) in [5.41, 5.74) is -1.56. The maximum absolute atomic E-state index is 12.4. The second kappa shape index (κ2) is 6.15. The first-order chi connectivity index (χ1) is 9.24. The summed E-state index contributed by atoms with van der Waals surface area (Å²) in [6.45, 7) is 11.8. The molecule has 20 heavy (non-hydrogen) atoms. The summed E-state index contributed by atoms with van der Waals surface area (Å²) in [6, 6.07) is 0. The van der Waals surface area contributed by atoms with Gasteiger partial charge in [-0.3, -0.25) is 9.59 Å². The van der Waals surface area contributed by atoms with Gasteiger partial charge in [-0.05, 0) is 39.5 Å². The number of rotatable bonds is 6. The SMILES string of the molecule is CCCC[C@@]1(C(C)C)OC(=O)C(C)(C)[C@H]1C(=O)OCC. The molecule has 2 atom stereocenters. The van der Waals surface area contributed by atoms with Crippen LogP contribution in [0.3, 0.4) is 0 Å². The topological polar surface area (TPSA) is 52.6 Å². The van der Waals surface area contributed by atoms with Crippen LogP contribution >= 0.6 is 0 Å². The number of cyclic esters (lactones) is 1. The maximum atomic E-state index is 12.4. The fourth-order valence-electron chi connectivity index (χ4n) is 3.20. The van der Waals surface area contributed by atoms with Gasteiger partial charge in [-0.15, -0.1) is 0 Å². The van der Waals surface area contributed by atoms with Crippen LogP contribution < -0.4 is 0 Å². The lowest BCUT2D eigenvalue weighted by Gasteiger charge is -2.38. The second-order valence-electron chi connectivity index (χ2n) is 6.51. The first-order valence-electron chi connectivity index (χ1n) is 7.64. The highest BCUT2D eigenvalue weighted by molar-refractivity contribution is 5.89. The molecule has 0 aromatic heterocycles. The van der Waals surface area contributed by atoms with Crippen molar-refractivity contribution in [3.8, 4) is 0 Å². The molecule has 0 unspecified atom stereocenters. The van der Waals surface area contributed by atoms with Gasteiger partial charge in [-0.2, -0.15) is 0 Å². The van der Waals surface area contributed by atoms with Crippen molar-refractivity contribution in [1.82, 2.24) is 0 Å². The van der Waals surface area contributed by atoms with Crippen LogP contribution in [0.25, 0.3) is 0 Å². The molecule has 0 spiro atoms. The summed E-state index contributed by atoms with van der Waals surface area (Å²) in [6.07, 6.45) is 2.64. The summed E-state index contributed by atoms with van der Waals surface area (Å²) in [5.74, 6) is -1.06. The largest absolute Gasteiger partial charge is 0.466 e. The Labute approximate surface area is 122 Å². The van der Waals surface area contributed by atoms with Crippen molar-refractivity contribution in [2.24, 2.45) is 17.3 Å². The minimum atomic E-state index is -0.829. The highest BCUT2D eigenvalue weighted by Gasteiger charge is 2.64. The van der Waals surface area contributed by atoms with Crippen LogP contribution in [0.2, 0.25) is 0 Å². The third kappa shape index (κ3) is 2.70. The zero-order valence-electron chi connectivity index (χ0n) is 13.6. The summed E-state index contributed by atoms with van der Waals surface area (Å²) >= 11 is 0. The normalized spacial score (nSPS) is 28.6. The van der Waals surface area contributed by atoms with E-state index in [1.54, 1.807) is 20.8 Å². The molecule has 0 aromatic carbocycles. The van der Waals surface area contributed by atoms with Crippen LogP contribution in [-0.4, -0.2) is 24.1 Å². The monoisotopic (exact) mass is 284 g/mol. The Balaban J connectivity index is 3.24. The lowest BCUT2D eigenvalue weighted by molar-refractivity contribution is -0.164. The third-order valence-corrected chi connectivity index (χ3v) is 4.44.